The molecule has 0 unspecified atom stereocenters. The molecule has 0 bridgehead atoms. The molecule has 0 saturated carbocycles. The molecule has 25 heavy (non-hydrogen) atoms. The Morgan fingerprint density at radius 3 is 2.56 bits per heavy atom. The lowest BCUT2D eigenvalue weighted by molar-refractivity contribution is 0.408. The van der Waals surface area contributed by atoms with Crippen molar-refractivity contribution in [3.8, 4) is 0 Å². The van der Waals surface area contributed by atoms with Crippen LogP contribution in [0, 0.1) is 6.92 Å². The lowest BCUT2D eigenvalue weighted by Gasteiger charge is -2.19. The van der Waals surface area contributed by atoms with Crippen LogP contribution in [0.3, 0.4) is 0 Å². The van der Waals surface area contributed by atoms with Crippen LogP contribution in [0.5, 0.6) is 0 Å². The average Bonchev–Trinajstić information content (AvgIpc) is 3.28. The third kappa shape index (κ3) is 4.92. The summed E-state index contributed by atoms with van der Waals surface area (Å²) >= 11 is 1.54. The fraction of sp³-hybridized carbons (Fsp3) is 0.158. The lowest BCUT2D eigenvalue weighted by Crippen LogP contribution is -2.28. The van der Waals surface area contributed by atoms with E-state index in [1.165, 1.54) is 9.71 Å². The van der Waals surface area contributed by atoms with Crippen LogP contribution in [0.1, 0.15) is 21.6 Å². The standard InChI is InChI=1S/C19H19NO3S2/c1-16-4-6-17(7-5-16)9-12-25(21,22)20(13-18-8-10-23-15-18)14-19-3-2-11-24-19/h2-12,15H,13-14H2,1H3/b12-9+. The molecule has 0 spiro atoms. The highest BCUT2D eigenvalue weighted by Gasteiger charge is 2.21. The largest absolute Gasteiger partial charge is 0.472 e. The number of thiophene rings is 1. The molecule has 0 atom stereocenters. The van der Waals surface area contributed by atoms with Crippen molar-refractivity contribution >= 4 is 27.4 Å². The van der Waals surface area contributed by atoms with Crippen molar-refractivity contribution < 1.29 is 12.8 Å². The molecule has 0 radical (unpaired) electrons. The molecule has 0 amide bonds. The average molecular weight is 373 g/mol. The number of furan rings is 1. The topological polar surface area (TPSA) is 50.5 Å². The first-order chi connectivity index (χ1) is 12.0. The van der Waals surface area contributed by atoms with Crippen molar-refractivity contribution in [1.29, 1.82) is 0 Å². The van der Waals surface area contributed by atoms with Gasteiger partial charge in [0.1, 0.15) is 0 Å². The Morgan fingerprint density at radius 1 is 1.12 bits per heavy atom. The maximum absolute atomic E-state index is 12.8. The molecule has 0 aliphatic rings. The molecule has 0 aliphatic heterocycles. The van der Waals surface area contributed by atoms with Crippen LogP contribution in [-0.2, 0) is 23.1 Å². The smallest absolute Gasteiger partial charge is 0.236 e. The van der Waals surface area contributed by atoms with Crippen molar-refractivity contribution in [3.63, 3.8) is 0 Å². The molecular formula is C19H19NO3S2. The minimum atomic E-state index is -3.57. The van der Waals surface area contributed by atoms with Crippen molar-refractivity contribution in [2.24, 2.45) is 0 Å². The molecule has 2 aromatic heterocycles. The van der Waals surface area contributed by atoms with E-state index in [2.05, 4.69) is 0 Å². The third-order valence-electron chi connectivity index (χ3n) is 3.72. The first-order valence-corrected chi connectivity index (χ1v) is 10.2. The van der Waals surface area contributed by atoms with E-state index in [-0.39, 0.29) is 6.54 Å². The van der Waals surface area contributed by atoms with Gasteiger partial charge < -0.3 is 4.42 Å². The molecular weight excluding hydrogens is 354 g/mol. The van der Waals surface area contributed by atoms with Crippen LogP contribution in [-0.4, -0.2) is 12.7 Å². The van der Waals surface area contributed by atoms with Crippen molar-refractivity contribution in [2.45, 2.75) is 20.0 Å². The summed E-state index contributed by atoms with van der Waals surface area (Å²) in [6.45, 7) is 2.61. The first-order valence-electron chi connectivity index (χ1n) is 7.81. The number of hydrogen-bond donors (Lipinski definition) is 0. The van der Waals surface area contributed by atoms with Gasteiger partial charge >= 0.3 is 0 Å². The third-order valence-corrected chi connectivity index (χ3v) is 6.04. The van der Waals surface area contributed by atoms with Gasteiger partial charge in [-0.15, -0.1) is 11.3 Å². The minimum absolute atomic E-state index is 0.273. The molecule has 0 fully saturated rings. The quantitative estimate of drug-likeness (QED) is 0.605. The Morgan fingerprint density at radius 2 is 1.92 bits per heavy atom. The van der Waals surface area contributed by atoms with Gasteiger partial charge in [-0.2, -0.15) is 4.31 Å². The van der Waals surface area contributed by atoms with Crippen LogP contribution < -0.4 is 0 Å². The minimum Gasteiger partial charge on any atom is -0.472 e. The van der Waals surface area contributed by atoms with Gasteiger partial charge in [-0.05, 0) is 36.1 Å². The van der Waals surface area contributed by atoms with Gasteiger partial charge in [0, 0.05) is 28.9 Å². The van der Waals surface area contributed by atoms with Gasteiger partial charge in [0.2, 0.25) is 10.0 Å². The fourth-order valence-corrected chi connectivity index (χ4v) is 4.28. The van der Waals surface area contributed by atoms with Crippen LogP contribution in [0.2, 0.25) is 0 Å². The summed E-state index contributed by atoms with van der Waals surface area (Å²) < 4.78 is 32.2. The van der Waals surface area contributed by atoms with Gasteiger partial charge in [-0.3, -0.25) is 0 Å². The highest BCUT2D eigenvalue weighted by atomic mass is 32.2. The highest BCUT2D eigenvalue weighted by Crippen LogP contribution is 2.19. The summed E-state index contributed by atoms with van der Waals surface area (Å²) in [6, 6.07) is 13.4. The van der Waals surface area contributed by atoms with E-state index in [0.29, 0.717) is 6.54 Å². The highest BCUT2D eigenvalue weighted by molar-refractivity contribution is 7.92. The summed E-state index contributed by atoms with van der Waals surface area (Å²) in [7, 11) is -3.57. The second kappa shape index (κ2) is 7.82. The van der Waals surface area contributed by atoms with E-state index in [0.717, 1.165) is 21.6 Å². The van der Waals surface area contributed by atoms with Crippen LogP contribution in [0.15, 0.2) is 70.2 Å². The molecule has 4 nitrogen and oxygen atoms in total. The Bertz CT molecular complexity index is 873. The van der Waals surface area contributed by atoms with Crippen molar-refractivity contribution in [1.82, 2.24) is 4.31 Å². The normalized spacial score (nSPS) is 12.2. The molecule has 130 valence electrons. The van der Waals surface area contributed by atoms with E-state index in [1.54, 1.807) is 36.0 Å². The Kier molecular flexibility index (Phi) is 5.53. The Hall–Kier alpha value is -2.15. The van der Waals surface area contributed by atoms with E-state index in [9.17, 15) is 8.42 Å². The van der Waals surface area contributed by atoms with Gasteiger partial charge in [0.15, 0.2) is 0 Å². The van der Waals surface area contributed by atoms with Gasteiger partial charge in [0.05, 0.1) is 12.5 Å². The molecule has 0 N–H and O–H groups in total. The van der Waals surface area contributed by atoms with Crippen LogP contribution in [0.25, 0.3) is 6.08 Å². The molecule has 2 heterocycles. The van der Waals surface area contributed by atoms with Gasteiger partial charge in [-0.25, -0.2) is 8.42 Å². The van der Waals surface area contributed by atoms with E-state index >= 15 is 0 Å². The van der Waals surface area contributed by atoms with Crippen molar-refractivity contribution in [2.75, 3.05) is 0 Å². The maximum atomic E-state index is 12.8. The predicted octanol–water partition coefficient (Wildman–Crippen LogP) is 4.65. The predicted molar refractivity (Wildman–Crippen MR) is 101 cm³/mol. The monoisotopic (exact) mass is 373 g/mol. The zero-order chi connectivity index (χ0) is 17.7. The summed E-state index contributed by atoms with van der Waals surface area (Å²) in [6.07, 6.45) is 4.75. The van der Waals surface area contributed by atoms with Gasteiger partial charge in [0.25, 0.3) is 0 Å². The summed E-state index contributed by atoms with van der Waals surface area (Å²) in [5.74, 6) is 0. The Labute approximate surface area is 152 Å². The number of sulfonamides is 1. The molecule has 0 aliphatic carbocycles. The van der Waals surface area contributed by atoms with E-state index < -0.39 is 10.0 Å². The molecule has 1 aromatic carbocycles. The van der Waals surface area contributed by atoms with Crippen LogP contribution in [0.4, 0.5) is 0 Å². The zero-order valence-electron chi connectivity index (χ0n) is 13.8. The number of rotatable bonds is 7. The second-order valence-corrected chi connectivity index (χ2v) is 8.59. The first kappa shape index (κ1) is 17.7. The number of nitrogens with zero attached hydrogens (tertiary/aromatic N) is 1. The number of benzene rings is 1. The molecule has 3 aromatic rings. The van der Waals surface area contributed by atoms with Crippen LogP contribution >= 0.6 is 11.3 Å². The SMILES string of the molecule is Cc1ccc(/C=C/S(=O)(=O)N(Cc2ccoc2)Cc2cccs2)cc1. The zero-order valence-corrected chi connectivity index (χ0v) is 15.5. The molecule has 3 rings (SSSR count). The second-order valence-electron chi connectivity index (χ2n) is 5.74. The van der Waals surface area contributed by atoms with E-state index in [1.807, 2.05) is 48.7 Å². The lowest BCUT2D eigenvalue weighted by atomic mass is 10.2. The molecule has 0 saturated heterocycles. The summed E-state index contributed by atoms with van der Waals surface area (Å²) in [5.41, 5.74) is 2.82. The van der Waals surface area contributed by atoms with Gasteiger partial charge in [-0.1, -0.05) is 35.9 Å². The maximum Gasteiger partial charge on any atom is 0.236 e. The fourth-order valence-electron chi connectivity index (χ4n) is 2.33. The number of hydrogen-bond acceptors (Lipinski definition) is 4. The molecule has 6 heteroatoms. The van der Waals surface area contributed by atoms with Crippen molar-refractivity contribution in [3.05, 3.63) is 87.3 Å². The Balaban J connectivity index is 1.83. The van der Waals surface area contributed by atoms with E-state index in [4.69, 9.17) is 4.42 Å². The summed E-state index contributed by atoms with van der Waals surface area (Å²) in [5, 5.41) is 3.21. The number of aryl methyl sites for hydroxylation is 1. The summed E-state index contributed by atoms with van der Waals surface area (Å²) in [4.78, 5) is 0.996.